The molecule has 5 nitrogen and oxygen atoms in total. The molecule has 0 saturated carbocycles. The number of nitrogens with one attached hydrogen (secondary N) is 3. The Morgan fingerprint density at radius 2 is 1.35 bits per heavy atom. The summed E-state index contributed by atoms with van der Waals surface area (Å²) in [6, 6.07) is 9.55. The third kappa shape index (κ3) is 6.03. The van der Waals surface area contributed by atoms with Crippen LogP contribution in [0.15, 0.2) is 66.7 Å². The summed E-state index contributed by atoms with van der Waals surface area (Å²) in [5, 5.41) is 6.09. The van der Waals surface area contributed by atoms with Crippen molar-refractivity contribution in [3.8, 4) is 0 Å². The van der Waals surface area contributed by atoms with Crippen LogP contribution in [-0.4, -0.2) is 11.9 Å². The van der Waals surface area contributed by atoms with E-state index >= 15 is 0 Å². The fourth-order valence-electron chi connectivity index (χ4n) is 2.87. The van der Waals surface area contributed by atoms with Crippen LogP contribution >= 0.6 is 0 Å². The second-order valence-corrected chi connectivity index (χ2v) is 6.85. The first kappa shape index (κ1) is 24.6. The first-order valence-electron chi connectivity index (χ1n) is 9.37. The van der Waals surface area contributed by atoms with Crippen molar-refractivity contribution in [2.24, 2.45) is 0 Å². The van der Waals surface area contributed by atoms with Crippen molar-refractivity contribution in [3.63, 3.8) is 0 Å². The van der Waals surface area contributed by atoms with E-state index in [2.05, 4.69) is 5.32 Å². The minimum atomic E-state index is -4.97. The monoisotopic (exact) mass is 485 g/mol. The van der Waals surface area contributed by atoms with Crippen molar-refractivity contribution < 1.29 is 40.3 Å². The SMILES string of the molecule is O=C(Nc1cccc(C(F)(F)F)c1)Nc1ccc(NC(=O)c2ccccc2F)cc1C(F)(F)F. The highest BCUT2D eigenvalue weighted by Gasteiger charge is 2.35. The lowest BCUT2D eigenvalue weighted by Gasteiger charge is -2.16. The molecule has 0 aliphatic carbocycles. The fraction of sp³-hybridized carbons (Fsp3) is 0.0909. The highest BCUT2D eigenvalue weighted by molar-refractivity contribution is 6.05. The largest absolute Gasteiger partial charge is 0.418 e. The maximum absolute atomic E-state index is 13.7. The van der Waals surface area contributed by atoms with Gasteiger partial charge in [0.05, 0.1) is 22.4 Å². The zero-order chi connectivity index (χ0) is 25.1. The lowest BCUT2D eigenvalue weighted by atomic mass is 10.1. The quantitative estimate of drug-likeness (QED) is 0.358. The number of urea groups is 1. The number of amides is 3. The number of carbonyl (C=O) groups excluding carboxylic acids is 2. The minimum Gasteiger partial charge on any atom is -0.322 e. The van der Waals surface area contributed by atoms with E-state index in [1.807, 2.05) is 10.6 Å². The van der Waals surface area contributed by atoms with Crippen LogP contribution in [0.4, 0.5) is 52.6 Å². The van der Waals surface area contributed by atoms with E-state index in [0.717, 1.165) is 42.5 Å². The predicted octanol–water partition coefficient (Wildman–Crippen LogP) is 6.76. The van der Waals surface area contributed by atoms with Crippen LogP contribution in [0.1, 0.15) is 21.5 Å². The average Bonchev–Trinajstić information content (AvgIpc) is 2.74. The molecule has 0 spiro atoms. The number of benzene rings is 3. The van der Waals surface area contributed by atoms with Gasteiger partial charge in [-0.05, 0) is 48.5 Å². The molecule has 0 unspecified atom stereocenters. The highest BCUT2D eigenvalue weighted by atomic mass is 19.4. The van der Waals surface area contributed by atoms with Crippen molar-refractivity contribution in [1.29, 1.82) is 0 Å². The van der Waals surface area contributed by atoms with Gasteiger partial charge in [-0.15, -0.1) is 0 Å². The van der Waals surface area contributed by atoms with E-state index in [9.17, 15) is 40.3 Å². The molecule has 3 amide bonds. The van der Waals surface area contributed by atoms with Crippen LogP contribution in [0.2, 0.25) is 0 Å². The van der Waals surface area contributed by atoms with Gasteiger partial charge in [0, 0.05) is 11.4 Å². The summed E-state index contributed by atoms with van der Waals surface area (Å²) in [5.41, 5.74) is -4.15. The Labute approximate surface area is 187 Å². The van der Waals surface area contributed by atoms with E-state index < -0.39 is 52.5 Å². The molecule has 0 aromatic heterocycles. The number of hydrogen-bond acceptors (Lipinski definition) is 2. The Bertz CT molecular complexity index is 1220. The molecule has 3 N–H and O–H groups in total. The highest BCUT2D eigenvalue weighted by Crippen LogP contribution is 2.37. The Hall–Kier alpha value is -4.09. The Kier molecular flexibility index (Phi) is 6.80. The second-order valence-electron chi connectivity index (χ2n) is 6.85. The number of halogens is 7. The second kappa shape index (κ2) is 9.41. The predicted molar refractivity (Wildman–Crippen MR) is 110 cm³/mol. The van der Waals surface area contributed by atoms with Gasteiger partial charge in [-0.3, -0.25) is 4.79 Å². The van der Waals surface area contributed by atoms with Gasteiger partial charge in [-0.2, -0.15) is 26.3 Å². The van der Waals surface area contributed by atoms with E-state index in [1.54, 1.807) is 0 Å². The third-order valence-corrected chi connectivity index (χ3v) is 4.40. The summed E-state index contributed by atoms with van der Waals surface area (Å²) >= 11 is 0. The molecule has 3 rings (SSSR count). The first-order chi connectivity index (χ1) is 15.8. The van der Waals surface area contributed by atoms with Crippen molar-refractivity contribution in [3.05, 3.63) is 89.2 Å². The lowest BCUT2D eigenvalue weighted by Crippen LogP contribution is -2.22. The molecule has 0 atom stereocenters. The number of alkyl halides is 6. The summed E-state index contributed by atoms with van der Waals surface area (Å²) in [4.78, 5) is 24.3. The number of carbonyl (C=O) groups is 2. The van der Waals surface area contributed by atoms with E-state index in [4.69, 9.17) is 0 Å². The minimum absolute atomic E-state index is 0.297. The summed E-state index contributed by atoms with van der Waals surface area (Å²) in [5.74, 6) is -1.87. The molecule has 34 heavy (non-hydrogen) atoms. The molecule has 0 aliphatic rings. The number of hydrogen-bond donors (Lipinski definition) is 3. The summed E-state index contributed by atoms with van der Waals surface area (Å²) in [6.45, 7) is 0. The Morgan fingerprint density at radius 1 is 0.676 bits per heavy atom. The van der Waals surface area contributed by atoms with Crippen molar-refractivity contribution >= 4 is 29.0 Å². The molecule has 0 fully saturated rings. The molecule has 0 saturated heterocycles. The molecule has 0 bridgehead atoms. The van der Waals surface area contributed by atoms with Crippen LogP contribution in [0.3, 0.4) is 0 Å². The molecule has 3 aromatic rings. The van der Waals surface area contributed by atoms with Crippen molar-refractivity contribution in [2.45, 2.75) is 12.4 Å². The normalized spacial score (nSPS) is 11.6. The van der Waals surface area contributed by atoms with Crippen LogP contribution in [0.25, 0.3) is 0 Å². The first-order valence-corrected chi connectivity index (χ1v) is 9.37. The zero-order valence-corrected chi connectivity index (χ0v) is 16.8. The third-order valence-electron chi connectivity index (χ3n) is 4.40. The maximum atomic E-state index is 13.7. The van der Waals surface area contributed by atoms with Gasteiger partial charge in [0.15, 0.2) is 0 Å². The van der Waals surface area contributed by atoms with E-state index in [0.29, 0.717) is 12.1 Å². The average molecular weight is 485 g/mol. The van der Waals surface area contributed by atoms with Crippen LogP contribution < -0.4 is 16.0 Å². The molecule has 178 valence electrons. The van der Waals surface area contributed by atoms with Gasteiger partial charge in [0.25, 0.3) is 5.91 Å². The van der Waals surface area contributed by atoms with E-state index in [-0.39, 0.29) is 11.4 Å². The fourth-order valence-corrected chi connectivity index (χ4v) is 2.87. The molecule has 0 radical (unpaired) electrons. The van der Waals surface area contributed by atoms with Crippen molar-refractivity contribution in [2.75, 3.05) is 16.0 Å². The molecule has 3 aromatic carbocycles. The Balaban J connectivity index is 1.80. The molecular weight excluding hydrogens is 471 g/mol. The lowest BCUT2D eigenvalue weighted by molar-refractivity contribution is -0.138. The van der Waals surface area contributed by atoms with Gasteiger partial charge in [0.1, 0.15) is 5.82 Å². The van der Waals surface area contributed by atoms with Gasteiger partial charge in [-0.1, -0.05) is 18.2 Å². The molecule has 12 heteroatoms. The van der Waals surface area contributed by atoms with Crippen LogP contribution in [0, 0.1) is 5.82 Å². The maximum Gasteiger partial charge on any atom is 0.418 e. The zero-order valence-electron chi connectivity index (χ0n) is 16.8. The summed E-state index contributed by atoms with van der Waals surface area (Å²) in [6.07, 6.45) is -9.65. The van der Waals surface area contributed by atoms with Gasteiger partial charge < -0.3 is 16.0 Å². The van der Waals surface area contributed by atoms with Crippen LogP contribution in [-0.2, 0) is 12.4 Å². The number of anilines is 3. The van der Waals surface area contributed by atoms with E-state index in [1.165, 1.54) is 12.1 Å². The molecule has 0 aliphatic heterocycles. The van der Waals surface area contributed by atoms with Gasteiger partial charge in [-0.25, -0.2) is 9.18 Å². The standard InChI is InChI=1S/C22H14F7N3O2/c23-17-7-2-1-6-15(17)19(33)30-14-8-9-18(16(11-14)22(27,28)29)32-20(34)31-13-5-3-4-12(10-13)21(24,25)26/h1-11H,(H,30,33)(H2,31,32,34). The van der Waals surface area contributed by atoms with Crippen molar-refractivity contribution in [1.82, 2.24) is 0 Å². The number of rotatable bonds is 4. The van der Waals surface area contributed by atoms with Gasteiger partial charge >= 0.3 is 18.4 Å². The topological polar surface area (TPSA) is 70.2 Å². The smallest absolute Gasteiger partial charge is 0.322 e. The summed E-state index contributed by atoms with van der Waals surface area (Å²) in [7, 11) is 0. The molecular formula is C22H14F7N3O2. The van der Waals surface area contributed by atoms with Gasteiger partial charge in [0.2, 0.25) is 0 Å². The van der Waals surface area contributed by atoms with Crippen LogP contribution in [0.5, 0.6) is 0 Å². The Morgan fingerprint density at radius 3 is 2.00 bits per heavy atom. The molecule has 0 heterocycles. The summed E-state index contributed by atoms with van der Waals surface area (Å²) < 4.78 is 92.7.